The van der Waals surface area contributed by atoms with Crippen molar-refractivity contribution < 1.29 is 14.0 Å². The molecule has 1 heterocycles. The van der Waals surface area contributed by atoms with Crippen molar-refractivity contribution in [1.82, 2.24) is 10.2 Å². The molecule has 4 nitrogen and oxygen atoms in total. The van der Waals surface area contributed by atoms with Crippen LogP contribution in [0.3, 0.4) is 0 Å². The lowest BCUT2D eigenvalue weighted by Crippen LogP contribution is -2.51. The fourth-order valence-electron chi connectivity index (χ4n) is 4.78. The monoisotopic (exact) mass is 422 g/mol. The molecule has 0 spiro atoms. The van der Waals surface area contributed by atoms with Gasteiger partial charge >= 0.3 is 0 Å². The number of halogens is 1. The Kier molecular flexibility index (Phi) is 6.12. The van der Waals surface area contributed by atoms with Crippen molar-refractivity contribution in [2.75, 3.05) is 19.6 Å². The van der Waals surface area contributed by atoms with Gasteiger partial charge in [-0.05, 0) is 55.7 Å². The van der Waals surface area contributed by atoms with Crippen molar-refractivity contribution >= 4 is 11.8 Å². The number of hydrogen-bond acceptors (Lipinski definition) is 2. The first-order valence-corrected chi connectivity index (χ1v) is 11.3. The maximum Gasteiger partial charge on any atom is 0.226 e. The molecule has 0 bridgehead atoms. The Balaban J connectivity index is 1.49. The lowest BCUT2D eigenvalue weighted by molar-refractivity contribution is -0.141. The van der Waals surface area contributed by atoms with Crippen LogP contribution in [0.15, 0.2) is 48.5 Å². The molecule has 2 aromatic carbocycles. The molecule has 2 amide bonds. The van der Waals surface area contributed by atoms with Gasteiger partial charge in [0, 0.05) is 31.1 Å². The number of hydrogen-bond donors (Lipinski definition) is 1. The van der Waals surface area contributed by atoms with Gasteiger partial charge in [-0.1, -0.05) is 49.4 Å². The Bertz CT molecular complexity index is 948. The summed E-state index contributed by atoms with van der Waals surface area (Å²) < 4.78 is 14.1. The van der Waals surface area contributed by atoms with Crippen LogP contribution in [0.2, 0.25) is 0 Å². The summed E-state index contributed by atoms with van der Waals surface area (Å²) in [5, 5.41) is 3.02. The zero-order valence-electron chi connectivity index (χ0n) is 18.4. The van der Waals surface area contributed by atoms with Crippen molar-refractivity contribution in [1.29, 1.82) is 0 Å². The zero-order chi connectivity index (χ0) is 22.0. The van der Waals surface area contributed by atoms with Crippen LogP contribution < -0.4 is 5.32 Å². The highest BCUT2D eigenvalue weighted by Gasteiger charge is 2.46. The topological polar surface area (TPSA) is 49.4 Å². The van der Waals surface area contributed by atoms with Crippen LogP contribution >= 0.6 is 0 Å². The Labute approximate surface area is 183 Å². The summed E-state index contributed by atoms with van der Waals surface area (Å²) in [6, 6.07) is 14.6. The largest absolute Gasteiger partial charge is 0.356 e. The molecule has 0 aromatic heterocycles. The quantitative estimate of drug-likeness (QED) is 0.748. The number of likely N-dealkylation sites (tertiary alicyclic amines) is 1. The molecule has 1 aliphatic carbocycles. The highest BCUT2D eigenvalue weighted by atomic mass is 19.1. The first kappa shape index (κ1) is 21.5. The molecule has 0 radical (unpaired) electrons. The smallest absolute Gasteiger partial charge is 0.226 e. The molecular weight excluding hydrogens is 391 g/mol. The van der Waals surface area contributed by atoms with Crippen LogP contribution in [-0.2, 0) is 16.0 Å². The average Bonchev–Trinajstić information content (AvgIpc) is 3.51. The number of rotatable bonds is 6. The molecule has 0 unspecified atom stereocenters. The Morgan fingerprint density at radius 3 is 2.32 bits per heavy atom. The van der Waals surface area contributed by atoms with E-state index < -0.39 is 5.41 Å². The molecule has 2 aromatic rings. The van der Waals surface area contributed by atoms with Gasteiger partial charge in [-0.25, -0.2) is 4.39 Å². The Hall–Kier alpha value is -2.69. The van der Waals surface area contributed by atoms with Gasteiger partial charge < -0.3 is 10.2 Å². The summed E-state index contributed by atoms with van der Waals surface area (Å²) in [4.78, 5) is 27.6. The zero-order valence-corrected chi connectivity index (χ0v) is 18.4. The second-order valence-corrected chi connectivity index (χ2v) is 9.14. The molecule has 1 saturated heterocycles. The summed E-state index contributed by atoms with van der Waals surface area (Å²) in [5.74, 6) is 0.765. The third kappa shape index (κ3) is 4.51. The minimum absolute atomic E-state index is 0.0695. The molecular formula is C26H31FN2O2. The predicted octanol–water partition coefficient (Wildman–Crippen LogP) is 4.44. The van der Waals surface area contributed by atoms with E-state index in [9.17, 15) is 14.0 Å². The van der Waals surface area contributed by atoms with Crippen molar-refractivity contribution in [2.45, 2.75) is 39.5 Å². The van der Waals surface area contributed by atoms with Crippen molar-refractivity contribution in [3.63, 3.8) is 0 Å². The van der Waals surface area contributed by atoms with E-state index in [1.54, 1.807) is 12.1 Å². The number of nitrogens with zero attached hydrogens (tertiary/aromatic N) is 1. The van der Waals surface area contributed by atoms with Crippen LogP contribution in [0.25, 0.3) is 11.1 Å². The molecule has 5 heteroatoms. The minimum Gasteiger partial charge on any atom is -0.356 e. The molecule has 1 aliphatic heterocycles. The SMILES string of the molecule is CCNC(=O)C1(Cc2ccc(-c3ccccc3F)cc2)CCN(C(=O)[C@@H]2C[C@H]2C)CC1. The van der Waals surface area contributed by atoms with Crippen molar-refractivity contribution in [3.05, 3.63) is 59.9 Å². The number of carbonyl (C=O) groups excluding carboxylic acids is 2. The third-order valence-corrected chi connectivity index (χ3v) is 6.96. The molecule has 31 heavy (non-hydrogen) atoms. The molecule has 2 aliphatic rings. The number of carbonyl (C=O) groups is 2. The normalized spacial score (nSPS) is 22.1. The Morgan fingerprint density at radius 2 is 1.74 bits per heavy atom. The van der Waals surface area contributed by atoms with Gasteiger partial charge in [-0.3, -0.25) is 9.59 Å². The summed E-state index contributed by atoms with van der Waals surface area (Å²) >= 11 is 0. The van der Waals surface area contributed by atoms with Crippen LogP contribution in [0.1, 0.15) is 38.7 Å². The molecule has 1 saturated carbocycles. The van der Waals surface area contributed by atoms with E-state index in [0.717, 1.165) is 17.5 Å². The fraction of sp³-hybridized carbons (Fsp3) is 0.462. The number of nitrogens with one attached hydrogen (secondary N) is 1. The summed E-state index contributed by atoms with van der Waals surface area (Å²) in [6.45, 7) is 5.91. The maximum absolute atomic E-state index is 14.1. The van der Waals surface area contributed by atoms with Crippen molar-refractivity contribution in [3.8, 4) is 11.1 Å². The second kappa shape index (κ2) is 8.81. The summed E-state index contributed by atoms with van der Waals surface area (Å²) in [6.07, 6.45) is 2.95. The van der Waals surface area contributed by atoms with E-state index in [-0.39, 0.29) is 23.5 Å². The first-order valence-electron chi connectivity index (χ1n) is 11.3. The summed E-state index contributed by atoms with van der Waals surface area (Å²) in [5.41, 5.74) is 1.95. The standard InChI is InChI=1S/C26H31FN2O2/c1-3-28-25(31)26(12-14-29(15-13-26)24(30)22-16-18(22)2)17-19-8-10-20(11-9-19)21-6-4-5-7-23(21)27/h4-11,18,22H,3,12-17H2,1-2H3,(H,28,31)/t18-,22-/m1/s1. The number of amides is 2. The van der Waals surface area contributed by atoms with E-state index in [1.807, 2.05) is 42.2 Å². The number of piperidine rings is 1. The fourth-order valence-corrected chi connectivity index (χ4v) is 4.78. The van der Waals surface area contributed by atoms with Gasteiger partial charge in [-0.2, -0.15) is 0 Å². The average molecular weight is 423 g/mol. The second-order valence-electron chi connectivity index (χ2n) is 9.14. The lowest BCUT2D eigenvalue weighted by atomic mass is 9.72. The van der Waals surface area contributed by atoms with E-state index in [4.69, 9.17) is 0 Å². The first-order chi connectivity index (χ1) is 14.9. The highest BCUT2D eigenvalue weighted by Crippen LogP contribution is 2.42. The highest BCUT2D eigenvalue weighted by molar-refractivity contribution is 5.85. The van der Waals surface area contributed by atoms with Gasteiger partial charge in [0.25, 0.3) is 0 Å². The van der Waals surface area contributed by atoms with Gasteiger partial charge in [0.1, 0.15) is 5.82 Å². The minimum atomic E-state index is -0.512. The van der Waals surface area contributed by atoms with Gasteiger partial charge in [0.05, 0.1) is 5.41 Å². The van der Waals surface area contributed by atoms with Crippen LogP contribution in [-0.4, -0.2) is 36.3 Å². The number of benzene rings is 2. The molecule has 164 valence electrons. The molecule has 2 atom stereocenters. The van der Waals surface area contributed by atoms with Gasteiger partial charge in [0.2, 0.25) is 11.8 Å². The molecule has 1 N–H and O–H groups in total. The maximum atomic E-state index is 14.1. The third-order valence-electron chi connectivity index (χ3n) is 6.96. The van der Waals surface area contributed by atoms with E-state index in [1.165, 1.54) is 6.07 Å². The van der Waals surface area contributed by atoms with E-state index >= 15 is 0 Å². The van der Waals surface area contributed by atoms with Crippen molar-refractivity contribution in [2.24, 2.45) is 17.3 Å². The van der Waals surface area contributed by atoms with Crippen LogP contribution in [0, 0.1) is 23.1 Å². The van der Waals surface area contributed by atoms with Crippen LogP contribution in [0.5, 0.6) is 0 Å². The molecule has 4 rings (SSSR count). The predicted molar refractivity (Wildman–Crippen MR) is 120 cm³/mol. The Morgan fingerprint density at radius 1 is 1.10 bits per heavy atom. The molecule has 2 fully saturated rings. The lowest BCUT2D eigenvalue weighted by Gasteiger charge is -2.41. The van der Waals surface area contributed by atoms with Gasteiger partial charge in [-0.15, -0.1) is 0 Å². The van der Waals surface area contributed by atoms with E-state index in [0.29, 0.717) is 50.4 Å². The summed E-state index contributed by atoms with van der Waals surface area (Å²) in [7, 11) is 0. The van der Waals surface area contributed by atoms with Gasteiger partial charge in [0.15, 0.2) is 0 Å². The van der Waals surface area contributed by atoms with E-state index in [2.05, 4.69) is 12.2 Å². The van der Waals surface area contributed by atoms with Crippen LogP contribution in [0.4, 0.5) is 4.39 Å².